The van der Waals surface area contributed by atoms with Crippen LogP contribution in [0, 0.1) is 12.7 Å². The maximum absolute atomic E-state index is 13.4. The predicted molar refractivity (Wildman–Crippen MR) is 64.0 cm³/mol. The van der Waals surface area contributed by atoms with Crippen LogP contribution in [0.2, 0.25) is 0 Å². The molecular formula is C13H20FNO. The number of ether oxygens (including phenoxy) is 1. The van der Waals surface area contributed by atoms with Crippen molar-refractivity contribution >= 4 is 0 Å². The van der Waals surface area contributed by atoms with Gasteiger partial charge in [-0.3, -0.25) is 0 Å². The molecule has 0 aliphatic rings. The first-order valence-corrected chi connectivity index (χ1v) is 5.56. The highest BCUT2D eigenvalue weighted by Gasteiger charge is 2.08. The molecule has 1 N–H and O–H groups in total. The maximum atomic E-state index is 13.4. The van der Waals surface area contributed by atoms with E-state index in [0.717, 1.165) is 12.1 Å². The van der Waals surface area contributed by atoms with Gasteiger partial charge in [-0.25, -0.2) is 4.39 Å². The fourth-order valence-corrected chi connectivity index (χ4v) is 1.42. The van der Waals surface area contributed by atoms with Crippen LogP contribution in [0.4, 0.5) is 4.39 Å². The predicted octanol–water partition coefficient (Wildman–Crippen LogP) is 2.82. The summed E-state index contributed by atoms with van der Waals surface area (Å²) in [6.45, 7) is 6.54. The van der Waals surface area contributed by atoms with Crippen molar-refractivity contribution in [2.45, 2.75) is 32.9 Å². The van der Waals surface area contributed by atoms with Crippen LogP contribution < -0.4 is 5.32 Å². The van der Waals surface area contributed by atoms with Crippen LogP contribution in [0.15, 0.2) is 18.2 Å². The zero-order valence-electron chi connectivity index (χ0n) is 10.4. The maximum Gasteiger partial charge on any atom is 0.126 e. The van der Waals surface area contributed by atoms with Gasteiger partial charge < -0.3 is 10.1 Å². The lowest BCUT2D eigenvalue weighted by Crippen LogP contribution is -2.28. The molecule has 0 fully saturated rings. The Labute approximate surface area is 96.8 Å². The molecule has 0 saturated heterocycles. The second-order valence-electron chi connectivity index (χ2n) is 4.18. The van der Waals surface area contributed by atoms with Crippen LogP contribution in [0.5, 0.6) is 0 Å². The lowest BCUT2D eigenvalue weighted by atomic mass is 10.1. The van der Waals surface area contributed by atoms with Crippen LogP contribution in [-0.2, 0) is 4.74 Å². The summed E-state index contributed by atoms with van der Waals surface area (Å²) in [5.74, 6) is -0.147. The number of rotatable bonds is 5. The summed E-state index contributed by atoms with van der Waals surface area (Å²) in [4.78, 5) is 0. The van der Waals surface area contributed by atoms with Gasteiger partial charge in [0.25, 0.3) is 0 Å². The molecule has 0 bridgehead atoms. The Morgan fingerprint density at radius 3 is 2.62 bits per heavy atom. The number of benzene rings is 1. The summed E-state index contributed by atoms with van der Waals surface area (Å²) in [7, 11) is 1.68. The molecule has 0 aromatic heterocycles. The molecule has 0 saturated carbocycles. The van der Waals surface area contributed by atoms with Crippen molar-refractivity contribution in [1.82, 2.24) is 5.32 Å². The SMILES string of the molecule is COC(C)CNC(C)c1ccc(C)c(F)c1. The van der Waals surface area contributed by atoms with E-state index in [1.54, 1.807) is 20.1 Å². The van der Waals surface area contributed by atoms with Gasteiger partial charge in [-0.05, 0) is 38.0 Å². The Kier molecular flexibility index (Phi) is 4.90. The first kappa shape index (κ1) is 13.1. The van der Waals surface area contributed by atoms with Gasteiger partial charge in [-0.15, -0.1) is 0 Å². The van der Waals surface area contributed by atoms with E-state index in [1.807, 2.05) is 26.0 Å². The molecule has 16 heavy (non-hydrogen) atoms. The van der Waals surface area contributed by atoms with Crippen LogP contribution in [0.25, 0.3) is 0 Å². The molecule has 1 rings (SSSR count). The average molecular weight is 225 g/mol. The van der Waals surface area contributed by atoms with Crippen molar-refractivity contribution < 1.29 is 9.13 Å². The summed E-state index contributed by atoms with van der Waals surface area (Å²) >= 11 is 0. The molecule has 1 aromatic rings. The van der Waals surface area contributed by atoms with Crippen molar-refractivity contribution in [3.8, 4) is 0 Å². The summed E-state index contributed by atoms with van der Waals surface area (Å²) in [5.41, 5.74) is 1.65. The van der Waals surface area contributed by atoms with Crippen molar-refractivity contribution in [3.63, 3.8) is 0 Å². The topological polar surface area (TPSA) is 21.3 Å². The number of hydrogen-bond donors (Lipinski definition) is 1. The normalized spacial score (nSPS) is 14.8. The molecule has 0 aliphatic carbocycles. The monoisotopic (exact) mass is 225 g/mol. The van der Waals surface area contributed by atoms with Crippen molar-refractivity contribution in [1.29, 1.82) is 0 Å². The Bertz CT molecular complexity index is 341. The second-order valence-corrected chi connectivity index (χ2v) is 4.18. The van der Waals surface area contributed by atoms with Crippen molar-refractivity contribution in [3.05, 3.63) is 35.1 Å². The zero-order chi connectivity index (χ0) is 12.1. The smallest absolute Gasteiger partial charge is 0.126 e. The average Bonchev–Trinajstić information content (AvgIpc) is 2.29. The minimum Gasteiger partial charge on any atom is -0.380 e. The molecule has 2 unspecified atom stereocenters. The third-order valence-corrected chi connectivity index (χ3v) is 2.81. The van der Waals surface area contributed by atoms with Gasteiger partial charge in [0.1, 0.15) is 5.82 Å². The van der Waals surface area contributed by atoms with E-state index in [9.17, 15) is 4.39 Å². The summed E-state index contributed by atoms with van der Waals surface area (Å²) < 4.78 is 18.5. The van der Waals surface area contributed by atoms with E-state index >= 15 is 0 Å². The highest BCUT2D eigenvalue weighted by molar-refractivity contribution is 5.25. The van der Waals surface area contributed by atoms with Crippen LogP contribution in [0.1, 0.15) is 31.0 Å². The van der Waals surface area contributed by atoms with Gasteiger partial charge in [0.05, 0.1) is 6.10 Å². The first-order valence-electron chi connectivity index (χ1n) is 5.56. The van der Waals surface area contributed by atoms with Gasteiger partial charge in [0.2, 0.25) is 0 Å². The Hall–Kier alpha value is -0.930. The Balaban J connectivity index is 2.59. The number of methoxy groups -OCH3 is 1. The molecular weight excluding hydrogens is 205 g/mol. The third-order valence-electron chi connectivity index (χ3n) is 2.81. The molecule has 90 valence electrons. The van der Waals surface area contributed by atoms with Crippen LogP contribution in [-0.4, -0.2) is 19.8 Å². The highest BCUT2D eigenvalue weighted by atomic mass is 19.1. The van der Waals surface area contributed by atoms with E-state index in [0.29, 0.717) is 5.56 Å². The lowest BCUT2D eigenvalue weighted by molar-refractivity contribution is 0.115. The summed E-state index contributed by atoms with van der Waals surface area (Å²) in [6, 6.07) is 5.48. The van der Waals surface area contributed by atoms with Gasteiger partial charge in [0, 0.05) is 19.7 Å². The molecule has 0 radical (unpaired) electrons. The molecule has 0 heterocycles. The molecule has 0 amide bonds. The van der Waals surface area contributed by atoms with E-state index < -0.39 is 0 Å². The Morgan fingerprint density at radius 2 is 2.06 bits per heavy atom. The standard InChI is InChI=1S/C13H20FNO/c1-9-5-6-12(7-13(9)14)11(3)15-8-10(2)16-4/h5-7,10-11,15H,8H2,1-4H3. The fraction of sp³-hybridized carbons (Fsp3) is 0.538. The van der Waals surface area contributed by atoms with Crippen molar-refractivity contribution in [2.75, 3.05) is 13.7 Å². The second kappa shape index (κ2) is 5.97. The number of aryl methyl sites for hydroxylation is 1. The highest BCUT2D eigenvalue weighted by Crippen LogP contribution is 2.16. The number of halogens is 1. The van der Waals surface area contributed by atoms with Gasteiger partial charge in [-0.1, -0.05) is 12.1 Å². The summed E-state index contributed by atoms with van der Waals surface area (Å²) in [6.07, 6.45) is 0.165. The number of nitrogens with one attached hydrogen (secondary N) is 1. The Morgan fingerprint density at radius 1 is 1.38 bits per heavy atom. The number of hydrogen-bond acceptors (Lipinski definition) is 2. The van der Waals surface area contributed by atoms with Crippen LogP contribution in [0.3, 0.4) is 0 Å². The minimum absolute atomic E-state index is 0.132. The molecule has 1 aromatic carbocycles. The fourth-order valence-electron chi connectivity index (χ4n) is 1.42. The van der Waals surface area contributed by atoms with Crippen molar-refractivity contribution in [2.24, 2.45) is 0 Å². The van der Waals surface area contributed by atoms with E-state index in [1.165, 1.54) is 0 Å². The van der Waals surface area contributed by atoms with E-state index in [-0.39, 0.29) is 18.0 Å². The lowest BCUT2D eigenvalue weighted by Gasteiger charge is -2.17. The van der Waals surface area contributed by atoms with Gasteiger partial charge in [-0.2, -0.15) is 0 Å². The molecule has 2 atom stereocenters. The minimum atomic E-state index is -0.147. The van der Waals surface area contributed by atoms with Gasteiger partial charge in [0.15, 0.2) is 0 Å². The molecule has 0 aliphatic heterocycles. The van der Waals surface area contributed by atoms with E-state index in [4.69, 9.17) is 4.74 Å². The van der Waals surface area contributed by atoms with Crippen LogP contribution >= 0.6 is 0 Å². The summed E-state index contributed by atoms with van der Waals surface area (Å²) in [5, 5.41) is 3.30. The van der Waals surface area contributed by atoms with Gasteiger partial charge >= 0.3 is 0 Å². The largest absolute Gasteiger partial charge is 0.380 e. The first-order chi connectivity index (χ1) is 7.54. The molecule has 0 spiro atoms. The molecule has 2 nitrogen and oxygen atoms in total. The third kappa shape index (κ3) is 3.58. The molecule has 3 heteroatoms. The quantitative estimate of drug-likeness (QED) is 0.832. The zero-order valence-corrected chi connectivity index (χ0v) is 10.4. The van der Waals surface area contributed by atoms with E-state index in [2.05, 4.69) is 5.32 Å².